The predicted molar refractivity (Wildman–Crippen MR) is 72.2 cm³/mol. The Kier molecular flexibility index (Phi) is 5.73. The van der Waals surface area contributed by atoms with E-state index in [2.05, 4.69) is 5.32 Å². The lowest BCUT2D eigenvalue weighted by Gasteiger charge is -2.30. The average molecular weight is 290 g/mol. The van der Waals surface area contributed by atoms with E-state index in [0.717, 1.165) is 12.1 Å². The van der Waals surface area contributed by atoms with E-state index in [4.69, 9.17) is 11.6 Å². The maximum absolute atomic E-state index is 13.4. The van der Waals surface area contributed by atoms with Gasteiger partial charge in [-0.2, -0.15) is 0 Å². The molecule has 0 heterocycles. The summed E-state index contributed by atoms with van der Waals surface area (Å²) in [6, 6.07) is 3.55. The fourth-order valence-corrected chi connectivity index (χ4v) is 2.30. The van der Waals surface area contributed by atoms with Crippen LogP contribution in [0.1, 0.15) is 32.3 Å². The van der Waals surface area contributed by atoms with Crippen LogP contribution in [-0.2, 0) is 11.2 Å². The Balaban J connectivity index is 2.81. The van der Waals surface area contributed by atoms with Gasteiger partial charge >= 0.3 is 0 Å². The topological polar surface area (TPSA) is 29.1 Å². The van der Waals surface area contributed by atoms with Crippen LogP contribution in [0.5, 0.6) is 0 Å². The number of rotatable bonds is 6. The Morgan fingerprint density at radius 1 is 1.26 bits per heavy atom. The van der Waals surface area contributed by atoms with Gasteiger partial charge in [-0.05, 0) is 25.0 Å². The first-order chi connectivity index (χ1) is 8.98. The van der Waals surface area contributed by atoms with Crippen LogP contribution >= 0.6 is 11.6 Å². The highest BCUT2D eigenvalue weighted by molar-refractivity contribution is 6.18. The summed E-state index contributed by atoms with van der Waals surface area (Å²) >= 11 is 5.87. The first-order valence-corrected chi connectivity index (χ1v) is 6.81. The van der Waals surface area contributed by atoms with Gasteiger partial charge in [-0.25, -0.2) is 8.78 Å². The zero-order valence-corrected chi connectivity index (χ0v) is 11.9. The van der Waals surface area contributed by atoms with Gasteiger partial charge in [0.2, 0.25) is 5.91 Å². The molecule has 5 heteroatoms. The molecule has 1 aromatic rings. The van der Waals surface area contributed by atoms with Crippen LogP contribution in [0, 0.1) is 11.6 Å². The molecule has 1 N–H and O–H groups in total. The molecule has 0 aliphatic rings. The molecule has 106 valence electrons. The van der Waals surface area contributed by atoms with Crippen LogP contribution in [0.3, 0.4) is 0 Å². The number of benzene rings is 1. The molecule has 2 nitrogen and oxygen atoms in total. The standard InChI is InChI=1S/C14H18ClF2NO/c1-3-14(4-2,9-15)18-13(19)8-10-11(16)6-5-7-12(10)17/h5-7H,3-4,8-9H2,1-2H3,(H,18,19). The van der Waals surface area contributed by atoms with Crippen LogP contribution in [-0.4, -0.2) is 17.3 Å². The van der Waals surface area contributed by atoms with Crippen molar-refractivity contribution in [2.75, 3.05) is 5.88 Å². The summed E-state index contributed by atoms with van der Waals surface area (Å²) in [6.45, 7) is 3.83. The monoisotopic (exact) mass is 289 g/mol. The van der Waals surface area contributed by atoms with Crippen LogP contribution < -0.4 is 5.32 Å². The van der Waals surface area contributed by atoms with Crippen LogP contribution in [0.4, 0.5) is 8.78 Å². The maximum Gasteiger partial charge on any atom is 0.225 e. The number of hydrogen-bond acceptors (Lipinski definition) is 1. The van der Waals surface area contributed by atoms with Gasteiger partial charge in [0.1, 0.15) is 11.6 Å². The first kappa shape index (κ1) is 15.9. The number of halogens is 3. The molecule has 0 fully saturated rings. The van der Waals surface area contributed by atoms with Crippen LogP contribution in [0.25, 0.3) is 0 Å². The van der Waals surface area contributed by atoms with E-state index in [1.165, 1.54) is 6.07 Å². The molecule has 0 aromatic heterocycles. The lowest BCUT2D eigenvalue weighted by molar-refractivity contribution is -0.122. The zero-order chi connectivity index (χ0) is 14.5. The van der Waals surface area contributed by atoms with Gasteiger partial charge in [-0.3, -0.25) is 4.79 Å². The fraction of sp³-hybridized carbons (Fsp3) is 0.500. The molecule has 0 unspecified atom stereocenters. The molecule has 0 radical (unpaired) electrons. The Bertz CT molecular complexity index is 419. The van der Waals surface area contributed by atoms with Gasteiger partial charge in [0.05, 0.1) is 12.0 Å². The predicted octanol–water partition coefficient (Wildman–Crippen LogP) is 3.42. The SMILES string of the molecule is CCC(CC)(CCl)NC(=O)Cc1c(F)cccc1F. The van der Waals surface area contributed by atoms with Crippen molar-refractivity contribution >= 4 is 17.5 Å². The summed E-state index contributed by atoms with van der Waals surface area (Å²) in [4.78, 5) is 11.9. The Hall–Kier alpha value is -1.16. The van der Waals surface area contributed by atoms with Crippen molar-refractivity contribution in [3.8, 4) is 0 Å². The molecule has 0 atom stereocenters. The highest BCUT2D eigenvalue weighted by atomic mass is 35.5. The third-order valence-corrected chi connectivity index (χ3v) is 3.92. The molecule has 1 rings (SSSR count). The zero-order valence-electron chi connectivity index (χ0n) is 11.1. The molecule has 1 amide bonds. The van der Waals surface area contributed by atoms with Gasteiger partial charge < -0.3 is 5.32 Å². The van der Waals surface area contributed by atoms with E-state index in [9.17, 15) is 13.6 Å². The van der Waals surface area contributed by atoms with Gasteiger partial charge in [0.15, 0.2) is 0 Å². The quantitative estimate of drug-likeness (QED) is 0.799. The smallest absolute Gasteiger partial charge is 0.225 e. The highest BCUT2D eigenvalue weighted by Gasteiger charge is 2.27. The van der Waals surface area contributed by atoms with Crippen molar-refractivity contribution < 1.29 is 13.6 Å². The van der Waals surface area contributed by atoms with E-state index in [-0.39, 0.29) is 17.9 Å². The second-order valence-electron chi connectivity index (χ2n) is 4.55. The van der Waals surface area contributed by atoms with Crippen molar-refractivity contribution in [2.24, 2.45) is 0 Å². The highest BCUT2D eigenvalue weighted by Crippen LogP contribution is 2.18. The Morgan fingerprint density at radius 3 is 2.21 bits per heavy atom. The Labute approximate surface area is 117 Å². The average Bonchev–Trinajstić information content (AvgIpc) is 2.41. The molecular weight excluding hydrogens is 272 g/mol. The molecular formula is C14H18ClF2NO. The minimum absolute atomic E-state index is 0.212. The third-order valence-electron chi connectivity index (χ3n) is 3.41. The van der Waals surface area contributed by atoms with Crippen molar-refractivity contribution in [3.05, 3.63) is 35.4 Å². The summed E-state index contributed by atoms with van der Waals surface area (Å²) in [5.41, 5.74) is -0.726. The molecule has 0 spiro atoms. The van der Waals surface area contributed by atoms with Crippen LogP contribution in [0.2, 0.25) is 0 Å². The second-order valence-corrected chi connectivity index (χ2v) is 4.81. The third kappa shape index (κ3) is 3.90. The van der Waals surface area contributed by atoms with Gasteiger partial charge in [-0.1, -0.05) is 19.9 Å². The number of amides is 1. The van der Waals surface area contributed by atoms with Gasteiger partial charge in [-0.15, -0.1) is 11.6 Å². The molecule has 0 saturated carbocycles. The van der Waals surface area contributed by atoms with Gasteiger partial charge in [0, 0.05) is 11.4 Å². The summed E-state index contributed by atoms with van der Waals surface area (Å²) in [6.07, 6.45) is 1.01. The molecule has 1 aromatic carbocycles. The minimum Gasteiger partial charge on any atom is -0.349 e. The fourth-order valence-electron chi connectivity index (χ4n) is 1.85. The number of alkyl halides is 1. The molecule has 19 heavy (non-hydrogen) atoms. The van der Waals surface area contributed by atoms with Crippen molar-refractivity contribution in [1.29, 1.82) is 0 Å². The van der Waals surface area contributed by atoms with Crippen LogP contribution in [0.15, 0.2) is 18.2 Å². The van der Waals surface area contributed by atoms with E-state index in [0.29, 0.717) is 12.8 Å². The first-order valence-electron chi connectivity index (χ1n) is 6.28. The van der Waals surface area contributed by atoms with Crippen molar-refractivity contribution in [1.82, 2.24) is 5.32 Å². The van der Waals surface area contributed by atoms with E-state index in [1.54, 1.807) is 0 Å². The Morgan fingerprint density at radius 2 is 1.79 bits per heavy atom. The van der Waals surface area contributed by atoms with E-state index >= 15 is 0 Å². The number of hydrogen-bond donors (Lipinski definition) is 1. The normalized spacial score (nSPS) is 11.4. The molecule has 0 aliphatic carbocycles. The van der Waals surface area contributed by atoms with E-state index < -0.39 is 23.1 Å². The molecule has 0 bridgehead atoms. The minimum atomic E-state index is -0.709. The molecule has 0 aliphatic heterocycles. The second kappa shape index (κ2) is 6.85. The van der Waals surface area contributed by atoms with E-state index in [1.807, 2.05) is 13.8 Å². The largest absolute Gasteiger partial charge is 0.349 e. The van der Waals surface area contributed by atoms with Gasteiger partial charge in [0.25, 0.3) is 0 Å². The number of nitrogens with one attached hydrogen (secondary N) is 1. The summed E-state index contributed by atoms with van der Waals surface area (Å²) in [5.74, 6) is -1.57. The molecule has 0 saturated heterocycles. The lowest BCUT2D eigenvalue weighted by Crippen LogP contribution is -2.49. The lowest BCUT2D eigenvalue weighted by atomic mass is 9.94. The number of carbonyl (C=O) groups is 1. The van der Waals surface area contributed by atoms with Crippen molar-refractivity contribution in [3.63, 3.8) is 0 Å². The number of carbonyl (C=O) groups excluding carboxylic acids is 1. The summed E-state index contributed by atoms with van der Waals surface area (Å²) in [7, 11) is 0. The summed E-state index contributed by atoms with van der Waals surface area (Å²) < 4.78 is 26.9. The maximum atomic E-state index is 13.4. The summed E-state index contributed by atoms with van der Waals surface area (Å²) in [5, 5.41) is 2.78. The van der Waals surface area contributed by atoms with Crippen molar-refractivity contribution in [2.45, 2.75) is 38.6 Å².